The fourth-order valence-corrected chi connectivity index (χ4v) is 2.01. The van der Waals surface area contributed by atoms with Crippen molar-refractivity contribution < 1.29 is 9.94 Å². The molecule has 106 valence electrons. The van der Waals surface area contributed by atoms with E-state index in [-0.39, 0.29) is 11.9 Å². The summed E-state index contributed by atoms with van der Waals surface area (Å²) in [7, 11) is 1.95. The summed E-state index contributed by atoms with van der Waals surface area (Å²) in [6.45, 7) is 5.36. The lowest BCUT2D eigenvalue weighted by atomic mass is 10.1. The van der Waals surface area contributed by atoms with Crippen LogP contribution in [-0.4, -0.2) is 37.3 Å². The van der Waals surface area contributed by atoms with Crippen LogP contribution in [0.15, 0.2) is 27.8 Å². The van der Waals surface area contributed by atoms with E-state index < -0.39 is 0 Å². The number of halogens is 1. The number of ether oxygens (including phenoxy) is 1. The van der Waals surface area contributed by atoms with Gasteiger partial charge in [0, 0.05) is 29.3 Å². The lowest BCUT2D eigenvalue weighted by Gasteiger charge is -2.22. The van der Waals surface area contributed by atoms with E-state index in [0.29, 0.717) is 12.2 Å². The number of rotatable bonds is 6. The normalized spacial score (nSPS) is 11.9. The van der Waals surface area contributed by atoms with Crippen molar-refractivity contribution in [3.63, 3.8) is 0 Å². The number of hydrogen-bond donors (Lipinski definition) is 2. The summed E-state index contributed by atoms with van der Waals surface area (Å²) in [6.07, 6.45) is 0.210. The summed E-state index contributed by atoms with van der Waals surface area (Å²) in [5.74, 6) is 0.0907. The van der Waals surface area contributed by atoms with Crippen molar-refractivity contribution in [2.45, 2.75) is 20.0 Å². The van der Waals surface area contributed by atoms with Gasteiger partial charge in [-0.25, -0.2) is 0 Å². The van der Waals surface area contributed by atoms with Gasteiger partial charge < -0.3 is 20.6 Å². The van der Waals surface area contributed by atoms with E-state index in [1.165, 1.54) is 0 Å². The predicted octanol–water partition coefficient (Wildman–Crippen LogP) is 2.40. The second kappa shape index (κ2) is 7.35. The molecule has 0 amide bonds. The molecule has 0 aliphatic carbocycles. The first-order valence-electron chi connectivity index (χ1n) is 6.06. The third-order valence-electron chi connectivity index (χ3n) is 2.63. The fourth-order valence-electron chi connectivity index (χ4n) is 1.65. The van der Waals surface area contributed by atoms with Gasteiger partial charge in [0.05, 0.1) is 12.7 Å². The molecule has 1 aromatic carbocycles. The van der Waals surface area contributed by atoms with Crippen molar-refractivity contribution in [1.82, 2.24) is 0 Å². The molecule has 0 aliphatic rings. The highest BCUT2D eigenvalue weighted by atomic mass is 79.9. The summed E-state index contributed by atoms with van der Waals surface area (Å²) < 4.78 is 6.40. The van der Waals surface area contributed by atoms with Crippen LogP contribution in [-0.2, 0) is 4.74 Å². The molecular weight excluding hydrogens is 310 g/mol. The molecule has 0 bridgehead atoms. The molecule has 0 saturated carbocycles. The highest BCUT2D eigenvalue weighted by molar-refractivity contribution is 9.10. The van der Waals surface area contributed by atoms with Gasteiger partial charge in [-0.05, 0) is 32.0 Å². The largest absolute Gasteiger partial charge is 0.409 e. The van der Waals surface area contributed by atoms with Crippen LogP contribution in [0.2, 0.25) is 0 Å². The van der Waals surface area contributed by atoms with Gasteiger partial charge in [-0.3, -0.25) is 0 Å². The molecule has 0 unspecified atom stereocenters. The zero-order chi connectivity index (χ0) is 14.4. The maximum absolute atomic E-state index is 8.84. The summed E-state index contributed by atoms with van der Waals surface area (Å²) >= 11 is 3.38. The average molecular weight is 330 g/mol. The highest BCUT2D eigenvalue weighted by Crippen LogP contribution is 2.23. The van der Waals surface area contributed by atoms with E-state index in [2.05, 4.69) is 21.1 Å². The van der Waals surface area contributed by atoms with Gasteiger partial charge in [0.1, 0.15) is 0 Å². The Bertz CT molecular complexity index is 450. The van der Waals surface area contributed by atoms with Gasteiger partial charge in [0.2, 0.25) is 0 Å². The molecule has 0 atom stereocenters. The van der Waals surface area contributed by atoms with Gasteiger partial charge in [-0.1, -0.05) is 21.1 Å². The predicted molar refractivity (Wildman–Crippen MR) is 81.0 cm³/mol. The molecule has 0 radical (unpaired) electrons. The molecule has 19 heavy (non-hydrogen) atoms. The smallest absolute Gasteiger partial charge is 0.172 e. The van der Waals surface area contributed by atoms with Crippen molar-refractivity contribution in [2.24, 2.45) is 10.9 Å². The molecule has 1 rings (SSSR count). The molecule has 0 aromatic heterocycles. The van der Waals surface area contributed by atoms with E-state index in [1.54, 1.807) is 0 Å². The monoisotopic (exact) mass is 329 g/mol. The van der Waals surface area contributed by atoms with E-state index in [4.69, 9.17) is 15.7 Å². The Morgan fingerprint density at radius 2 is 2.21 bits per heavy atom. The number of oxime groups is 1. The van der Waals surface area contributed by atoms with Crippen molar-refractivity contribution >= 4 is 27.5 Å². The van der Waals surface area contributed by atoms with Crippen molar-refractivity contribution in [1.29, 1.82) is 0 Å². The third-order valence-corrected chi connectivity index (χ3v) is 3.12. The van der Waals surface area contributed by atoms with Crippen LogP contribution >= 0.6 is 15.9 Å². The average Bonchev–Trinajstić information content (AvgIpc) is 2.37. The van der Waals surface area contributed by atoms with Crippen molar-refractivity contribution in [3.05, 3.63) is 28.2 Å². The molecule has 0 saturated heterocycles. The summed E-state index contributed by atoms with van der Waals surface area (Å²) in [5, 5.41) is 11.9. The van der Waals surface area contributed by atoms with Crippen LogP contribution in [0.4, 0.5) is 5.69 Å². The van der Waals surface area contributed by atoms with Gasteiger partial charge in [-0.15, -0.1) is 0 Å². The van der Waals surface area contributed by atoms with Crippen LogP contribution in [0.1, 0.15) is 19.4 Å². The van der Waals surface area contributed by atoms with Gasteiger partial charge in [-0.2, -0.15) is 0 Å². The van der Waals surface area contributed by atoms with Crippen LogP contribution in [0.25, 0.3) is 0 Å². The minimum Gasteiger partial charge on any atom is -0.409 e. The van der Waals surface area contributed by atoms with Gasteiger partial charge in [0.15, 0.2) is 5.84 Å². The highest BCUT2D eigenvalue weighted by Gasteiger charge is 2.12. The molecule has 0 heterocycles. The molecule has 0 spiro atoms. The Hall–Kier alpha value is -1.27. The SMILES string of the molecule is CC(C)OCCN(C)c1ccc(Br)cc1/C(N)=N/O. The minimum absolute atomic E-state index is 0.0907. The first-order valence-corrected chi connectivity index (χ1v) is 6.85. The van der Waals surface area contributed by atoms with Crippen LogP contribution < -0.4 is 10.6 Å². The number of benzene rings is 1. The Balaban J connectivity index is 2.87. The molecule has 3 N–H and O–H groups in total. The quantitative estimate of drug-likeness (QED) is 0.364. The number of likely N-dealkylation sites (N-methyl/N-ethyl adjacent to an activating group) is 1. The van der Waals surface area contributed by atoms with Crippen molar-refractivity contribution in [3.8, 4) is 0 Å². The Morgan fingerprint density at radius 3 is 2.79 bits per heavy atom. The molecule has 5 nitrogen and oxygen atoms in total. The van der Waals surface area contributed by atoms with Crippen LogP contribution in [0.5, 0.6) is 0 Å². The molecule has 0 fully saturated rings. The second-order valence-electron chi connectivity index (χ2n) is 4.49. The molecule has 1 aromatic rings. The summed E-state index contributed by atoms with van der Waals surface area (Å²) in [4.78, 5) is 2.02. The summed E-state index contributed by atoms with van der Waals surface area (Å²) in [6, 6.07) is 5.67. The second-order valence-corrected chi connectivity index (χ2v) is 5.40. The Labute approximate surface area is 122 Å². The minimum atomic E-state index is 0.0907. The number of nitrogens with zero attached hydrogens (tertiary/aromatic N) is 2. The molecule has 6 heteroatoms. The lowest BCUT2D eigenvalue weighted by molar-refractivity contribution is 0.0846. The fraction of sp³-hybridized carbons (Fsp3) is 0.462. The van der Waals surface area contributed by atoms with E-state index >= 15 is 0 Å². The molecule has 0 aliphatic heterocycles. The van der Waals surface area contributed by atoms with E-state index in [9.17, 15) is 0 Å². The van der Waals surface area contributed by atoms with Gasteiger partial charge in [0.25, 0.3) is 0 Å². The maximum Gasteiger partial charge on any atom is 0.172 e. The zero-order valence-corrected chi connectivity index (χ0v) is 13.0. The Kier molecular flexibility index (Phi) is 6.11. The van der Waals surface area contributed by atoms with Crippen molar-refractivity contribution in [2.75, 3.05) is 25.1 Å². The molecular formula is C13H20BrN3O2. The van der Waals surface area contributed by atoms with Gasteiger partial charge >= 0.3 is 0 Å². The van der Waals surface area contributed by atoms with Crippen LogP contribution in [0.3, 0.4) is 0 Å². The summed E-state index contributed by atoms with van der Waals surface area (Å²) in [5.41, 5.74) is 7.28. The number of amidine groups is 1. The standard InChI is InChI=1S/C13H20BrN3O2/c1-9(2)19-7-6-17(3)12-5-4-10(14)8-11(12)13(15)16-18/h4-5,8-9,18H,6-7H2,1-3H3,(H2,15,16). The number of hydrogen-bond acceptors (Lipinski definition) is 4. The lowest BCUT2D eigenvalue weighted by Crippen LogP contribution is -2.27. The third kappa shape index (κ3) is 4.72. The topological polar surface area (TPSA) is 71.1 Å². The van der Waals surface area contributed by atoms with Crippen LogP contribution in [0, 0.1) is 0 Å². The Morgan fingerprint density at radius 1 is 1.53 bits per heavy atom. The van der Waals surface area contributed by atoms with E-state index in [0.717, 1.165) is 16.7 Å². The van der Waals surface area contributed by atoms with E-state index in [1.807, 2.05) is 44.0 Å². The zero-order valence-electron chi connectivity index (χ0n) is 11.4. The first-order chi connectivity index (χ1) is 8.95. The maximum atomic E-state index is 8.84. The number of nitrogens with two attached hydrogens (primary N) is 1. The first kappa shape index (κ1) is 15.8. The number of anilines is 1.